The highest BCUT2D eigenvalue weighted by atomic mass is 79.9. The van der Waals surface area contributed by atoms with Gasteiger partial charge in [-0.2, -0.15) is 0 Å². The number of methoxy groups -OCH3 is 2. The van der Waals surface area contributed by atoms with E-state index in [4.69, 9.17) is 14.5 Å². The highest BCUT2D eigenvalue weighted by molar-refractivity contribution is 9.10. The third-order valence-electron chi connectivity index (χ3n) is 6.50. The molecule has 34 heavy (non-hydrogen) atoms. The van der Waals surface area contributed by atoms with Gasteiger partial charge in [0.15, 0.2) is 5.82 Å². The Labute approximate surface area is 208 Å². The fourth-order valence-electron chi connectivity index (χ4n) is 4.57. The number of hydrogen-bond acceptors (Lipinski definition) is 6. The smallest absolute Gasteiger partial charge is 0.225 e. The van der Waals surface area contributed by atoms with Crippen LogP contribution in [0.15, 0.2) is 35.2 Å². The van der Waals surface area contributed by atoms with Gasteiger partial charge in [0.05, 0.1) is 14.2 Å². The molecule has 1 aliphatic heterocycles. The Morgan fingerprint density at radius 1 is 1.26 bits per heavy atom. The van der Waals surface area contributed by atoms with E-state index in [1.54, 1.807) is 20.4 Å². The monoisotopic (exact) mass is 529 g/mol. The lowest BCUT2D eigenvalue weighted by Gasteiger charge is -2.38. The summed E-state index contributed by atoms with van der Waals surface area (Å²) in [4.78, 5) is 24.2. The maximum Gasteiger partial charge on any atom is 0.225 e. The Bertz CT molecular complexity index is 1180. The van der Waals surface area contributed by atoms with Crippen molar-refractivity contribution in [1.82, 2.24) is 19.3 Å². The molecule has 0 spiro atoms. The van der Waals surface area contributed by atoms with Crippen molar-refractivity contribution in [3.63, 3.8) is 0 Å². The lowest BCUT2D eigenvalue weighted by molar-refractivity contribution is -0.138. The van der Waals surface area contributed by atoms with Gasteiger partial charge in [0.25, 0.3) is 0 Å². The fraction of sp³-hybridized carbons (Fsp3) is 0.480. The van der Waals surface area contributed by atoms with E-state index in [0.29, 0.717) is 13.1 Å². The molecule has 2 atom stereocenters. The van der Waals surface area contributed by atoms with Gasteiger partial charge in [-0.15, -0.1) is 0 Å². The van der Waals surface area contributed by atoms with Crippen LogP contribution in [0.1, 0.15) is 50.9 Å². The lowest BCUT2D eigenvalue weighted by atomic mass is 9.91. The van der Waals surface area contributed by atoms with Crippen LogP contribution in [0.3, 0.4) is 0 Å². The molecule has 0 unspecified atom stereocenters. The second-order valence-corrected chi connectivity index (χ2v) is 9.81. The molecule has 1 aliphatic rings. The van der Waals surface area contributed by atoms with Crippen molar-refractivity contribution in [3.8, 4) is 11.5 Å². The number of benzene rings is 1. The molecule has 3 heterocycles. The molecule has 182 valence electrons. The second kappa shape index (κ2) is 10.2. The van der Waals surface area contributed by atoms with Crippen LogP contribution in [0.4, 0.5) is 5.82 Å². The minimum atomic E-state index is -0.0140. The van der Waals surface area contributed by atoms with Crippen LogP contribution < -0.4 is 14.8 Å². The van der Waals surface area contributed by atoms with Gasteiger partial charge >= 0.3 is 0 Å². The number of hydrogen-bond donors (Lipinski definition) is 1. The average molecular weight is 530 g/mol. The number of nitrogens with one attached hydrogen (secondary N) is 1. The quantitative estimate of drug-likeness (QED) is 0.470. The first kappa shape index (κ1) is 24.3. The van der Waals surface area contributed by atoms with Gasteiger partial charge in [0.1, 0.15) is 27.4 Å². The van der Waals surface area contributed by atoms with Crippen LogP contribution >= 0.6 is 15.9 Å². The van der Waals surface area contributed by atoms with Gasteiger partial charge in [0, 0.05) is 55.0 Å². The molecule has 1 N–H and O–H groups in total. The second-order valence-electron chi connectivity index (χ2n) is 9.06. The van der Waals surface area contributed by atoms with Gasteiger partial charge in [-0.3, -0.25) is 9.20 Å². The summed E-state index contributed by atoms with van der Waals surface area (Å²) in [6, 6.07) is 6.01. The fourth-order valence-corrected chi connectivity index (χ4v) is 5.13. The van der Waals surface area contributed by atoms with Crippen molar-refractivity contribution in [3.05, 3.63) is 46.6 Å². The minimum Gasteiger partial charge on any atom is -0.497 e. The number of halogens is 1. The molecule has 2 aromatic heterocycles. The number of fused-ring (bicyclic) bond motifs is 1. The molecule has 9 heteroatoms. The number of aromatic nitrogens is 3. The Balaban J connectivity index is 1.61. The summed E-state index contributed by atoms with van der Waals surface area (Å²) in [7, 11) is 3.28. The molecule has 0 saturated carbocycles. The van der Waals surface area contributed by atoms with E-state index < -0.39 is 0 Å². The number of carbonyl (C=O) groups excluding carboxylic acids is 1. The molecule has 3 aromatic rings. The van der Waals surface area contributed by atoms with Gasteiger partial charge < -0.3 is 19.7 Å². The van der Waals surface area contributed by atoms with Crippen LogP contribution in [0.5, 0.6) is 11.5 Å². The molecule has 1 amide bonds. The number of ether oxygens (including phenoxy) is 2. The summed E-state index contributed by atoms with van der Waals surface area (Å²) in [5.74, 6) is 3.52. The zero-order chi connectivity index (χ0) is 24.4. The molecule has 1 fully saturated rings. The zero-order valence-corrected chi connectivity index (χ0v) is 21.9. The first-order valence-corrected chi connectivity index (χ1v) is 12.4. The predicted octanol–water partition coefficient (Wildman–Crippen LogP) is 4.87. The van der Waals surface area contributed by atoms with Crippen molar-refractivity contribution < 1.29 is 14.3 Å². The molecule has 1 aromatic carbocycles. The highest BCUT2D eigenvalue weighted by Crippen LogP contribution is 2.35. The summed E-state index contributed by atoms with van der Waals surface area (Å²) in [5.41, 5.74) is 1.87. The number of likely N-dealkylation sites (tertiary alicyclic amines) is 1. The number of piperidine rings is 1. The van der Waals surface area contributed by atoms with E-state index in [0.717, 1.165) is 51.7 Å². The number of rotatable bonds is 7. The summed E-state index contributed by atoms with van der Waals surface area (Å²) >= 11 is 3.65. The summed E-state index contributed by atoms with van der Waals surface area (Å²) < 4.78 is 13.6. The third kappa shape index (κ3) is 4.71. The van der Waals surface area contributed by atoms with Crippen LogP contribution in [0, 0.1) is 5.92 Å². The Hall–Kier alpha value is -2.81. The Morgan fingerprint density at radius 2 is 2.06 bits per heavy atom. The lowest BCUT2D eigenvalue weighted by Crippen LogP contribution is -2.46. The normalized spacial score (nSPS) is 18.4. The number of imidazole rings is 1. The van der Waals surface area contributed by atoms with Crippen molar-refractivity contribution in [2.24, 2.45) is 5.92 Å². The highest BCUT2D eigenvalue weighted by Gasteiger charge is 2.33. The molecule has 0 aliphatic carbocycles. The zero-order valence-electron chi connectivity index (χ0n) is 20.3. The molecule has 0 radical (unpaired) electrons. The molecule has 4 rings (SSSR count). The van der Waals surface area contributed by atoms with E-state index in [-0.39, 0.29) is 23.8 Å². The van der Waals surface area contributed by atoms with Crippen molar-refractivity contribution >= 4 is 33.2 Å². The SMILES string of the molecule is COc1ccc(CNc2nccn3c([C@@H]4CC[C@@H](C)N(C(=O)C(C)C)C4)nc(Br)c23)c(OC)c1. The molecular weight excluding hydrogens is 498 g/mol. The Kier molecular flexibility index (Phi) is 7.30. The van der Waals surface area contributed by atoms with Crippen LogP contribution in [-0.4, -0.2) is 52.0 Å². The average Bonchev–Trinajstić information content (AvgIpc) is 3.19. The number of nitrogens with zero attached hydrogens (tertiary/aromatic N) is 4. The van der Waals surface area contributed by atoms with Crippen LogP contribution in [0.25, 0.3) is 5.52 Å². The predicted molar refractivity (Wildman–Crippen MR) is 136 cm³/mol. The number of anilines is 1. The topological polar surface area (TPSA) is 81.0 Å². The number of carbonyl (C=O) groups is 1. The van der Waals surface area contributed by atoms with Crippen LogP contribution in [0.2, 0.25) is 0 Å². The van der Waals surface area contributed by atoms with Gasteiger partial charge in [-0.1, -0.05) is 13.8 Å². The minimum absolute atomic E-state index is 0.0140. The third-order valence-corrected chi connectivity index (χ3v) is 7.06. The number of amides is 1. The first-order chi connectivity index (χ1) is 16.3. The summed E-state index contributed by atoms with van der Waals surface area (Å²) in [6.07, 6.45) is 5.67. The largest absolute Gasteiger partial charge is 0.497 e. The van der Waals surface area contributed by atoms with Gasteiger partial charge in [0.2, 0.25) is 5.91 Å². The maximum absolute atomic E-state index is 12.8. The first-order valence-electron chi connectivity index (χ1n) is 11.6. The van der Waals surface area contributed by atoms with E-state index in [9.17, 15) is 4.79 Å². The molecule has 0 bridgehead atoms. The van der Waals surface area contributed by atoms with Crippen molar-refractivity contribution in [1.29, 1.82) is 0 Å². The Morgan fingerprint density at radius 3 is 2.76 bits per heavy atom. The standard InChI is InChI=1S/C25H32BrN5O3/c1-15(2)25(32)31-14-18(7-6-16(31)3)24-29-22(26)21-23(27-10-11-30(21)24)28-13-17-8-9-19(33-4)12-20(17)34-5/h8-12,15-16,18H,6-7,13-14H2,1-5H3,(H,27,28)/t16-,18-/m1/s1. The van der Waals surface area contributed by atoms with Crippen molar-refractivity contribution in [2.45, 2.75) is 52.1 Å². The van der Waals surface area contributed by atoms with E-state index in [1.807, 2.05) is 43.1 Å². The molecule has 8 nitrogen and oxygen atoms in total. The van der Waals surface area contributed by atoms with Gasteiger partial charge in [-0.05, 0) is 47.8 Å². The summed E-state index contributed by atoms with van der Waals surface area (Å²) in [6.45, 7) is 7.26. The maximum atomic E-state index is 12.8. The molecular formula is C25H32BrN5O3. The van der Waals surface area contributed by atoms with E-state index >= 15 is 0 Å². The van der Waals surface area contributed by atoms with Gasteiger partial charge in [-0.25, -0.2) is 9.97 Å². The summed E-state index contributed by atoms with van der Waals surface area (Å²) in [5, 5.41) is 3.43. The van der Waals surface area contributed by atoms with Crippen molar-refractivity contribution in [2.75, 3.05) is 26.1 Å². The van der Waals surface area contributed by atoms with E-state index in [2.05, 4.69) is 37.6 Å². The van der Waals surface area contributed by atoms with E-state index in [1.165, 1.54) is 0 Å². The van der Waals surface area contributed by atoms with Crippen LogP contribution in [-0.2, 0) is 11.3 Å². The molecule has 1 saturated heterocycles.